The van der Waals surface area contributed by atoms with Crippen molar-refractivity contribution in [3.8, 4) is 6.07 Å². The lowest BCUT2D eigenvalue weighted by atomic mass is 9.76. The summed E-state index contributed by atoms with van der Waals surface area (Å²) in [6, 6.07) is 20.4. The Hall–Kier alpha value is -2.19. The van der Waals surface area contributed by atoms with Crippen molar-refractivity contribution in [1.29, 1.82) is 5.26 Å². The fourth-order valence-corrected chi connectivity index (χ4v) is 4.21. The average molecular weight is 334 g/mol. The summed E-state index contributed by atoms with van der Waals surface area (Å²) < 4.78 is 5.77. The Kier molecular flexibility index (Phi) is 4.30. The van der Waals surface area contributed by atoms with Crippen molar-refractivity contribution in [2.75, 3.05) is 13.2 Å². The largest absolute Gasteiger partial charge is 0.385 e. The molecule has 4 heteroatoms. The van der Waals surface area contributed by atoms with E-state index >= 15 is 0 Å². The number of rotatable bonds is 3. The number of fused-ring (bicyclic) bond motifs is 2. The minimum absolute atomic E-state index is 0.184. The molecule has 0 radical (unpaired) electrons. The van der Waals surface area contributed by atoms with Crippen LogP contribution in [-0.2, 0) is 16.9 Å². The SMILES string of the molecule is N#Cc1cccc(C2(O)CC3COCC(C2)N3Cc2ccccc2)c1. The number of nitriles is 1. The molecule has 2 saturated heterocycles. The van der Waals surface area contributed by atoms with Gasteiger partial charge in [-0.1, -0.05) is 42.5 Å². The highest BCUT2D eigenvalue weighted by Gasteiger charge is 2.46. The minimum atomic E-state index is -0.890. The summed E-state index contributed by atoms with van der Waals surface area (Å²) in [4.78, 5) is 2.47. The van der Waals surface area contributed by atoms with Crippen molar-refractivity contribution in [3.63, 3.8) is 0 Å². The summed E-state index contributed by atoms with van der Waals surface area (Å²) in [5.41, 5.74) is 1.84. The standard InChI is InChI=1S/C21H22N2O2/c22-12-17-7-4-8-18(9-17)21(24)10-19-14-25-15-20(11-21)23(19)13-16-5-2-1-3-6-16/h1-9,19-20,24H,10-11,13-15H2. The van der Waals surface area contributed by atoms with Crippen LogP contribution in [0.3, 0.4) is 0 Å². The van der Waals surface area contributed by atoms with Gasteiger partial charge in [0, 0.05) is 18.6 Å². The lowest BCUT2D eigenvalue weighted by molar-refractivity contribution is -0.149. The second kappa shape index (κ2) is 6.61. The Balaban J connectivity index is 1.59. The number of benzene rings is 2. The minimum Gasteiger partial charge on any atom is -0.385 e. The maximum Gasteiger partial charge on any atom is 0.0991 e. The number of hydrogen-bond acceptors (Lipinski definition) is 4. The van der Waals surface area contributed by atoms with Crippen LogP contribution in [0.2, 0.25) is 0 Å². The first-order chi connectivity index (χ1) is 12.2. The summed E-state index contributed by atoms with van der Waals surface area (Å²) in [5, 5.41) is 20.5. The van der Waals surface area contributed by atoms with Crippen LogP contribution in [0.1, 0.15) is 29.5 Å². The lowest BCUT2D eigenvalue weighted by Gasteiger charge is -2.52. The summed E-state index contributed by atoms with van der Waals surface area (Å²) in [6.07, 6.45) is 1.26. The van der Waals surface area contributed by atoms with Crippen molar-refractivity contribution in [2.45, 2.75) is 37.1 Å². The molecule has 25 heavy (non-hydrogen) atoms. The molecule has 2 heterocycles. The molecule has 1 N–H and O–H groups in total. The molecule has 0 aliphatic carbocycles. The molecule has 4 rings (SSSR count). The summed E-state index contributed by atoms with van der Waals surface area (Å²) in [7, 11) is 0. The molecule has 2 bridgehead atoms. The van der Waals surface area contributed by atoms with Crippen LogP contribution >= 0.6 is 0 Å². The number of morpholine rings is 1. The Morgan fingerprint density at radius 3 is 2.48 bits per heavy atom. The highest BCUT2D eigenvalue weighted by atomic mass is 16.5. The van der Waals surface area contributed by atoms with E-state index in [1.807, 2.05) is 24.3 Å². The molecule has 0 amide bonds. The van der Waals surface area contributed by atoms with Crippen LogP contribution in [0.5, 0.6) is 0 Å². The van der Waals surface area contributed by atoms with Gasteiger partial charge in [-0.25, -0.2) is 0 Å². The number of piperidine rings is 1. The molecule has 2 unspecified atom stereocenters. The van der Waals surface area contributed by atoms with Gasteiger partial charge in [-0.2, -0.15) is 5.26 Å². The third-order valence-electron chi connectivity index (χ3n) is 5.44. The van der Waals surface area contributed by atoms with Gasteiger partial charge in [0.05, 0.1) is 30.4 Å². The Morgan fingerprint density at radius 1 is 1.08 bits per heavy atom. The quantitative estimate of drug-likeness (QED) is 0.938. The predicted octanol–water partition coefficient (Wildman–Crippen LogP) is 2.81. The van der Waals surface area contributed by atoms with E-state index in [1.165, 1.54) is 5.56 Å². The van der Waals surface area contributed by atoms with Gasteiger partial charge in [-0.05, 0) is 36.1 Å². The Labute approximate surface area is 148 Å². The Bertz CT molecular complexity index is 770. The van der Waals surface area contributed by atoms with Gasteiger partial charge >= 0.3 is 0 Å². The van der Waals surface area contributed by atoms with Gasteiger partial charge in [0.25, 0.3) is 0 Å². The van der Waals surface area contributed by atoms with Crippen LogP contribution in [0.4, 0.5) is 0 Å². The van der Waals surface area contributed by atoms with Crippen LogP contribution in [-0.4, -0.2) is 35.3 Å². The van der Waals surface area contributed by atoms with Crippen LogP contribution < -0.4 is 0 Å². The van der Waals surface area contributed by atoms with E-state index < -0.39 is 5.60 Å². The molecule has 2 fully saturated rings. The van der Waals surface area contributed by atoms with E-state index in [9.17, 15) is 5.11 Å². The fraction of sp³-hybridized carbons (Fsp3) is 0.381. The van der Waals surface area contributed by atoms with E-state index in [1.54, 1.807) is 6.07 Å². The first kappa shape index (κ1) is 16.3. The van der Waals surface area contributed by atoms with E-state index in [4.69, 9.17) is 10.00 Å². The van der Waals surface area contributed by atoms with Crippen LogP contribution in [0.15, 0.2) is 54.6 Å². The molecule has 2 atom stereocenters. The van der Waals surface area contributed by atoms with Crippen molar-refractivity contribution < 1.29 is 9.84 Å². The molecule has 0 saturated carbocycles. The number of aliphatic hydroxyl groups is 1. The molecule has 4 nitrogen and oxygen atoms in total. The highest BCUT2D eigenvalue weighted by Crippen LogP contribution is 2.41. The van der Waals surface area contributed by atoms with Crippen molar-refractivity contribution in [2.24, 2.45) is 0 Å². The number of hydrogen-bond donors (Lipinski definition) is 1. The smallest absolute Gasteiger partial charge is 0.0991 e. The van der Waals surface area contributed by atoms with Crippen LogP contribution in [0, 0.1) is 11.3 Å². The monoisotopic (exact) mass is 334 g/mol. The molecule has 2 aromatic carbocycles. The second-order valence-electron chi connectivity index (χ2n) is 7.14. The number of ether oxygens (including phenoxy) is 1. The normalized spacial score (nSPS) is 29.1. The van der Waals surface area contributed by atoms with E-state index in [2.05, 4.69) is 35.2 Å². The molecule has 0 aromatic heterocycles. The third kappa shape index (κ3) is 3.19. The molecule has 128 valence electrons. The van der Waals surface area contributed by atoms with Crippen molar-refractivity contribution in [3.05, 3.63) is 71.3 Å². The van der Waals surface area contributed by atoms with Gasteiger partial charge in [-0.15, -0.1) is 0 Å². The maximum atomic E-state index is 11.4. The average Bonchev–Trinajstić information content (AvgIpc) is 2.64. The first-order valence-electron chi connectivity index (χ1n) is 8.78. The summed E-state index contributed by atoms with van der Waals surface area (Å²) >= 11 is 0. The summed E-state index contributed by atoms with van der Waals surface area (Å²) in [6.45, 7) is 2.17. The van der Waals surface area contributed by atoms with Gasteiger partial charge in [0.15, 0.2) is 0 Å². The van der Waals surface area contributed by atoms with Crippen molar-refractivity contribution in [1.82, 2.24) is 4.90 Å². The van der Waals surface area contributed by atoms with E-state index in [0.29, 0.717) is 31.6 Å². The molecule has 2 aliphatic rings. The van der Waals surface area contributed by atoms with E-state index in [0.717, 1.165) is 12.1 Å². The van der Waals surface area contributed by atoms with E-state index in [-0.39, 0.29) is 12.1 Å². The zero-order valence-electron chi connectivity index (χ0n) is 14.1. The Morgan fingerprint density at radius 2 is 1.80 bits per heavy atom. The molecule has 2 aliphatic heterocycles. The highest BCUT2D eigenvalue weighted by molar-refractivity contribution is 5.36. The first-order valence-corrected chi connectivity index (χ1v) is 8.78. The molecular weight excluding hydrogens is 312 g/mol. The zero-order valence-corrected chi connectivity index (χ0v) is 14.1. The maximum absolute atomic E-state index is 11.4. The lowest BCUT2D eigenvalue weighted by Crippen LogP contribution is -2.60. The topological polar surface area (TPSA) is 56.5 Å². The van der Waals surface area contributed by atoms with Gasteiger partial charge in [0.1, 0.15) is 0 Å². The fourth-order valence-electron chi connectivity index (χ4n) is 4.21. The zero-order chi connectivity index (χ0) is 17.3. The van der Waals surface area contributed by atoms with Crippen LogP contribution in [0.25, 0.3) is 0 Å². The molecule has 2 aromatic rings. The molecule has 0 spiro atoms. The molecular formula is C21H22N2O2. The number of nitrogens with zero attached hydrogens (tertiary/aromatic N) is 2. The third-order valence-corrected chi connectivity index (χ3v) is 5.44. The summed E-state index contributed by atoms with van der Waals surface area (Å²) in [5.74, 6) is 0. The van der Waals surface area contributed by atoms with Gasteiger partial charge in [-0.3, -0.25) is 4.90 Å². The van der Waals surface area contributed by atoms with Crippen molar-refractivity contribution >= 4 is 0 Å². The second-order valence-corrected chi connectivity index (χ2v) is 7.14. The van der Waals surface area contributed by atoms with Gasteiger partial charge in [0.2, 0.25) is 0 Å². The van der Waals surface area contributed by atoms with Gasteiger partial charge < -0.3 is 9.84 Å². The predicted molar refractivity (Wildman–Crippen MR) is 94.7 cm³/mol.